The summed E-state index contributed by atoms with van der Waals surface area (Å²) in [6.07, 6.45) is 1.87. The van der Waals surface area contributed by atoms with Crippen LogP contribution in [0, 0.1) is 6.92 Å². The maximum atomic E-state index is 6.65. The summed E-state index contributed by atoms with van der Waals surface area (Å²) in [4.78, 5) is 0. The van der Waals surface area contributed by atoms with Crippen LogP contribution in [0.4, 0.5) is 0 Å². The molecule has 6 rings (SSSR count). The topological polar surface area (TPSA) is 23.4 Å². The summed E-state index contributed by atoms with van der Waals surface area (Å²) in [5, 5.41) is 2.68. The first-order valence-corrected chi connectivity index (χ1v) is 12.2. The van der Waals surface area contributed by atoms with E-state index in [2.05, 4.69) is 94.6 Å². The molecule has 1 fully saturated rings. The van der Waals surface area contributed by atoms with Crippen LogP contribution in [0.2, 0.25) is 0 Å². The van der Waals surface area contributed by atoms with Gasteiger partial charge in [-0.3, -0.25) is 0 Å². The van der Waals surface area contributed by atoms with Gasteiger partial charge in [0, 0.05) is 29.3 Å². The van der Waals surface area contributed by atoms with Gasteiger partial charge in [-0.1, -0.05) is 42.5 Å². The molecule has 1 saturated heterocycles. The molecule has 1 aliphatic carbocycles. The zero-order valence-corrected chi connectivity index (χ0v) is 20.6. The molecule has 0 amide bonds. The Bertz CT molecular complexity index is 1410. The zero-order chi connectivity index (χ0) is 23.1. The normalized spacial score (nSPS) is 18.7. The minimum Gasteiger partial charge on any atom is -0.399 e. The fourth-order valence-electron chi connectivity index (χ4n) is 5.95. The minimum atomic E-state index is -0.365. The van der Waals surface area contributed by atoms with Crippen molar-refractivity contribution in [2.24, 2.45) is 0 Å². The van der Waals surface area contributed by atoms with Crippen LogP contribution in [0.1, 0.15) is 62.4 Å². The van der Waals surface area contributed by atoms with Crippen molar-refractivity contribution in [3.8, 4) is 0 Å². The molecule has 0 unspecified atom stereocenters. The van der Waals surface area contributed by atoms with E-state index < -0.39 is 0 Å². The second kappa shape index (κ2) is 6.97. The average Bonchev–Trinajstić information content (AvgIpc) is 3.23. The first kappa shape index (κ1) is 21.0. The predicted octanol–water partition coefficient (Wildman–Crippen LogP) is 5.92. The summed E-state index contributed by atoms with van der Waals surface area (Å²) in [6.45, 7) is 14.1. The molecule has 0 atom stereocenters. The predicted molar refractivity (Wildman–Crippen MR) is 138 cm³/mol. The van der Waals surface area contributed by atoms with Crippen LogP contribution in [-0.2, 0) is 28.7 Å². The summed E-state index contributed by atoms with van der Waals surface area (Å²) in [7, 11) is -0.359. The lowest BCUT2D eigenvalue weighted by molar-refractivity contribution is 0.00578. The number of hydrogen-bond donors (Lipinski definition) is 0. The van der Waals surface area contributed by atoms with Gasteiger partial charge in [0.2, 0.25) is 0 Å². The number of aryl methyl sites for hydroxylation is 2. The SMILES string of the molecule is CCn1c2ccccc2c2c(C)c(B3OC(C)(C)C(C)(C)O3)c3c(c21)Cc1ccccc1C3. The molecular formula is C29H32BNO2. The zero-order valence-electron chi connectivity index (χ0n) is 20.6. The molecule has 4 aromatic rings. The maximum Gasteiger partial charge on any atom is 0.495 e. The highest BCUT2D eigenvalue weighted by Crippen LogP contribution is 2.42. The van der Waals surface area contributed by atoms with Crippen LogP contribution < -0.4 is 5.46 Å². The standard InChI is InChI=1S/C29H32BNO2/c1-7-31-24-15-11-10-14-21(24)25-18(2)26(30-32-28(3,4)29(5,6)33-30)22-16-19-12-8-9-13-20(19)17-23(22)27(25)31/h8-15H,7,16-17H2,1-6H3. The van der Waals surface area contributed by atoms with Crippen molar-refractivity contribution in [2.75, 3.05) is 0 Å². The van der Waals surface area contributed by atoms with E-state index in [0.29, 0.717) is 0 Å². The number of aromatic nitrogens is 1. The number of rotatable bonds is 2. The van der Waals surface area contributed by atoms with Crippen molar-refractivity contribution in [2.45, 2.75) is 72.1 Å². The van der Waals surface area contributed by atoms with Gasteiger partial charge >= 0.3 is 7.12 Å². The van der Waals surface area contributed by atoms with Gasteiger partial charge in [-0.2, -0.15) is 0 Å². The van der Waals surface area contributed by atoms with Gasteiger partial charge in [-0.25, -0.2) is 0 Å². The largest absolute Gasteiger partial charge is 0.495 e. The van der Waals surface area contributed by atoms with E-state index in [1.165, 1.54) is 55.1 Å². The number of benzene rings is 3. The van der Waals surface area contributed by atoms with E-state index in [-0.39, 0.29) is 18.3 Å². The first-order valence-electron chi connectivity index (χ1n) is 12.2. The first-order chi connectivity index (χ1) is 15.7. The molecule has 3 aromatic carbocycles. The summed E-state index contributed by atoms with van der Waals surface area (Å²) in [6, 6.07) is 17.7. The van der Waals surface area contributed by atoms with E-state index in [4.69, 9.17) is 9.31 Å². The summed E-state index contributed by atoms with van der Waals surface area (Å²) < 4.78 is 15.8. The maximum absolute atomic E-state index is 6.65. The average molecular weight is 437 g/mol. The molecule has 33 heavy (non-hydrogen) atoms. The Morgan fingerprint density at radius 1 is 0.848 bits per heavy atom. The number of para-hydroxylation sites is 1. The molecule has 0 saturated carbocycles. The Labute approximate surface area is 196 Å². The fourth-order valence-corrected chi connectivity index (χ4v) is 5.95. The number of nitrogens with zero attached hydrogens (tertiary/aromatic N) is 1. The van der Waals surface area contributed by atoms with Crippen molar-refractivity contribution in [3.05, 3.63) is 76.3 Å². The van der Waals surface area contributed by atoms with Crippen molar-refractivity contribution in [1.82, 2.24) is 4.57 Å². The highest BCUT2D eigenvalue weighted by molar-refractivity contribution is 6.64. The fraction of sp³-hybridized carbons (Fsp3) is 0.379. The second-order valence-corrected chi connectivity index (χ2v) is 10.7. The van der Waals surface area contributed by atoms with Crippen molar-refractivity contribution in [3.63, 3.8) is 0 Å². The van der Waals surface area contributed by atoms with Gasteiger partial charge in [0.05, 0.1) is 16.7 Å². The van der Waals surface area contributed by atoms with E-state index in [9.17, 15) is 0 Å². The van der Waals surface area contributed by atoms with E-state index in [0.717, 1.165) is 19.4 Å². The van der Waals surface area contributed by atoms with Crippen LogP contribution in [0.5, 0.6) is 0 Å². The second-order valence-electron chi connectivity index (χ2n) is 10.7. The Hall–Kier alpha value is -2.56. The van der Waals surface area contributed by atoms with E-state index in [1.54, 1.807) is 0 Å². The molecule has 1 aromatic heterocycles. The molecule has 3 nitrogen and oxygen atoms in total. The Morgan fingerprint density at radius 2 is 1.42 bits per heavy atom. The Morgan fingerprint density at radius 3 is 2.06 bits per heavy atom. The Kier molecular flexibility index (Phi) is 4.44. The summed E-state index contributed by atoms with van der Waals surface area (Å²) >= 11 is 0. The lowest BCUT2D eigenvalue weighted by Gasteiger charge is -2.32. The van der Waals surface area contributed by atoms with Gasteiger partial charge in [-0.05, 0) is 87.3 Å². The van der Waals surface area contributed by atoms with Crippen molar-refractivity contribution < 1.29 is 9.31 Å². The molecule has 4 heteroatoms. The van der Waals surface area contributed by atoms with Gasteiger partial charge in [-0.15, -0.1) is 0 Å². The van der Waals surface area contributed by atoms with E-state index >= 15 is 0 Å². The Balaban J connectivity index is 1.72. The van der Waals surface area contributed by atoms with Gasteiger partial charge < -0.3 is 13.9 Å². The summed E-state index contributed by atoms with van der Waals surface area (Å²) in [5.41, 5.74) is 10.2. The van der Waals surface area contributed by atoms with Gasteiger partial charge in [0.25, 0.3) is 0 Å². The third-order valence-electron chi connectivity index (χ3n) is 8.38. The lowest BCUT2D eigenvalue weighted by Crippen LogP contribution is -2.41. The summed E-state index contributed by atoms with van der Waals surface area (Å²) in [5.74, 6) is 0. The highest BCUT2D eigenvalue weighted by Gasteiger charge is 2.53. The molecule has 168 valence electrons. The van der Waals surface area contributed by atoms with Gasteiger partial charge in [0.1, 0.15) is 0 Å². The molecule has 0 spiro atoms. The third kappa shape index (κ3) is 2.84. The molecule has 2 aliphatic rings. The van der Waals surface area contributed by atoms with Crippen LogP contribution in [-0.4, -0.2) is 22.9 Å². The molecule has 0 radical (unpaired) electrons. The monoisotopic (exact) mass is 437 g/mol. The van der Waals surface area contributed by atoms with Crippen LogP contribution in [0.25, 0.3) is 21.8 Å². The molecule has 2 heterocycles. The van der Waals surface area contributed by atoms with Crippen LogP contribution >= 0.6 is 0 Å². The molecule has 0 N–H and O–H groups in total. The number of hydrogen-bond acceptors (Lipinski definition) is 2. The smallest absolute Gasteiger partial charge is 0.399 e. The van der Waals surface area contributed by atoms with Crippen molar-refractivity contribution >= 4 is 34.4 Å². The molecule has 1 aliphatic heterocycles. The minimum absolute atomic E-state index is 0.359. The lowest BCUT2D eigenvalue weighted by atomic mass is 9.67. The molecular weight excluding hydrogens is 405 g/mol. The van der Waals surface area contributed by atoms with Crippen LogP contribution in [0.3, 0.4) is 0 Å². The van der Waals surface area contributed by atoms with Crippen molar-refractivity contribution in [1.29, 1.82) is 0 Å². The molecule has 0 bridgehead atoms. The van der Waals surface area contributed by atoms with Gasteiger partial charge in [0.15, 0.2) is 0 Å². The number of fused-ring (bicyclic) bond motifs is 6. The third-order valence-corrected chi connectivity index (χ3v) is 8.38. The van der Waals surface area contributed by atoms with E-state index in [1.807, 2.05) is 0 Å². The quantitative estimate of drug-likeness (QED) is 0.320. The van der Waals surface area contributed by atoms with Crippen LogP contribution in [0.15, 0.2) is 48.5 Å². The highest BCUT2D eigenvalue weighted by atomic mass is 16.7.